The fourth-order valence-electron chi connectivity index (χ4n) is 3.29. The topological polar surface area (TPSA) is 55.1 Å². The zero-order valence-corrected chi connectivity index (χ0v) is 11.4. The van der Waals surface area contributed by atoms with Gasteiger partial charge in [-0.25, -0.2) is 0 Å². The number of carbonyl (C=O) groups is 1. The number of hydrogen-bond acceptors (Lipinski definition) is 2. The van der Waals surface area contributed by atoms with Crippen molar-refractivity contribution in [3.05, 3.63) is 35.4 Å². The molecule has 3 heteroatoms. The molecule has 19 heavy (non-hydrogen) atoms. The summed E-state index contributed by atoms with van der Waals surface area (Å²) in [5.41, 5.74) is 7.86. The molecular formula is C16H22N2O. The Balaban J connectivity index is 1.57. The number of fused-ring (bicyclic) bond motifs is 1. The second-order valence-corrected chi connectivity index (χ2v) is 6.10. The molecule has 3 N–H and O–H groups in total. The summed E-state index contributed by atoms with van der Waals surface area (Å²) in [7, 11) is 0. The molecule has 0 heterocycles. The van der Waals surface area contributed by atoms with Gasteiger partial charge in [-0.15, -0.1) is 0 Å². The van der Waals surface area contributed by atoms with E-state index in [1.807, 2.05) is 19.1 Å². The molecular weight excluding hydrogens is 236 g/mol. The van der Waals surface area contributed by atoms with Gasteiger partial charge in [-0.05, 0) is 49.1 Å². The number of amides is 1. The third-order valence-electron chi connectivity index (χ3n) is 4.69. The van der Waals surface area contributed by atoms with Crippen molar-refractivity contribution in [2.24, 2.45) is 23.5 Å². The van der Waals surface area contributed by atoms with E-state index in [0.29, 0.717) is 6.54 Å². The van der Waals surface area contributed by atoms with E-state index in [1.165, 1.54) is 6.42 Å². The van der Waals surface area contributed by atoms with Crippen LogP contribution in [0.4, 0.5) is 0 Å². The van der Waals surface area contributed by atoms with E-state index < -0.39 is 0 Å². The van der Waals surface area contributed by atoms with E-state index in [2.05, 4.69) is 17.4 Å². The van der Waals surface area contributed by atoms with E-state index in [9.17, 15) is 4.79 Å². The van der Waals surface area contributed by atoms with Crippen molar-refractivity contribution >= 4 is 5.91 Å². The summed E-state index contributed by atoms with van der Waals surface area (Å²) in [6.07, 6.45) is 3.57. The Kier molecular flexibility index (Phi) is 3.31. The predicted molar refractivity (Wildman–Crippen MR) is 75.2 cm³/mol. The number of carbonyl (C=O) groups excluding carboxylic acids is 1. The second-order valence-electron chi connectivity index (χ2n) is 6.10. The normalized spacial score (nSPS) is 29.7. The maximum absolute atomic E-state index is 12.2. The summed E-state index contributed by atoms with van der Waals surface area (Å²) < 4.78 is 0. The van der Waals surface area contributed by atoms with Crippen molar-refractivity contribution in [2.45, 2.75) is 38.8 Å². The summed E-state index contributed by atoms with van der Waals surface area (Å²) >= 11 is 0. The quantitative estimate of drug-likeness (QED) is 0.871. The van der Waals surface area contributed by atoms with Crippen molar-refractivity contribution in [1.29, 1.82) is 0 Å². The fourth-order valence-corrected chi connectivity index (χ4v) is 3.29. The Morgan fingerprint density at radius 2 is 1.89 bits per heavy atom. The van der Waals surface area contributed by atoms with Crippen molar-refractivity contribution in [3.63, 3.8) is 0 Å². The Morgan fingerprint density at radius 1 is 1.26 bits per heavy atom. The van der Waals surface area contributed by atoms with Gasteiger partial charge in [0.1, 0.15) is 0 Å². The molecule has 0 aliphatic heterocycles. The smallest absolute Gasteiger partial charge is 0.223 e. The Morgan fingerprint density at radius 3 is 2.47 bits per heavy atom. The lowest BCUT2D eigenvalue weighted by atomic mass is 10.0. The third-order valence-corrected chi connectivity index (χ3v) is 4.69. The lowest BCUT2D eigenvalue weighted by Gasteiger charge is -2.18. The first-order valence-electron chi connectivity index (χ1n) is 7.26. The highest BCUT2D eigenvalue weighted by Crippen LogP contribution is 2.54. The summed E-state index contributed by atoms with van der Waals surface area (Å²) in [5, 5.41) is 3.15. The van der Waals surface area contributed by atoms with Gasteiger partial charge >= 0.3 is 0 Å². The van der Waals surface area contributed by atoms with E-state index in [4.69, 9.17) is 5.73 Å². The Hall–Kier alpha value is -1.35. The van der Waals surface area contributed by atoms with Crippen LogP contribution in [0.1, 0.15) is 43.4 Å². The largest absolute Gasteiger partial charge is 0.349 e. The first kappa shape index (κ1) is 12.7. The van der Waals surface area contributed by atoms with Crippen molar-refractivity contribution < 1.29 is 4.79 Å². The molecule has 1 aromatic carbocycles. The minimum absolute atomic E-state index is 0.0799. The standard InChI is InChI=1S/C16H22N2O/c1-10(12-4-2-11(9-17)3-5-12)18-16(19)15-7-13-6-14(13)8-15/h2-5,10,13-15H,6-9,17H2,1H3,(H,18,19). The molecule has 0 spiro atoms. The number of nitrogens with one attached hydrogen (secondary N) is 1. The minimum Gasteiger partial charge on any atom is -0.349 e. The third kappa shape index (κ3) is 2.66. The second kappa shape index (κ2) is 4.97. The van der Waals surface area contributed by atoms with E-state index >= 15 is 0 Å². The van der Waals surface area contributed by atoms with Crippen molar-refractivity contribution in [2.75, 3.05) is 0 Å². The van der Waals surface area contributed by atoms with Gasteiger partial charge in [-0.2, -0.15) is 0 Å². The Bertz CT molecular complexity index is 458. The highest BCUT2D eigenvalue weighted by Gasteiger charge is 2.48. The Labute approximate surface area is 114 Å². The average Bonchev–Trinajstić information content (AvgIpc) is 3.05. The van der Waals surface area contributed by atoms with Gasteiger partial charge in [0.2, 0.25) is 5.91 Å². The van der Waals surface area contributed by atoms with Crippen LogP contribution >= 0.6 is 0 Å². The molecule has 0 radical (unpaired) electrons. The van der Waals surface area contributed by atoms with Crippen LogP contribution in [0, 0.1) is 17.8 Å². The lowest BCUT2D eigenvalue weighted by molar-refractivity contribution is -0.125. The van der Waals surface area contributed by atoms with Crippen LogP contribution in [-0.4, -0.2) is 5.91 Å². The van der Waals surface area contributed by atoms with Crippen LogP contribution in [0.25, 0.3) is 0 Å². The number of rotatable bonds is 4. The molecule has 0 bridgehead atoms. The monoisotopic (exact) mass is 258 g/mol. The average molecular weight is 258 g/mol. The molecule has 2 fully saturated rings. The molecule has 3 unspecified atom stereocenters. The van der Waals surface area contributed by atoms with Gasteiger partial charge in [0.05, 0.1) is 6.04 Å². The maximum atomic E-state index is 12.2. The minimum atomic E-state index is 0.0799. The van der Waals surface area contributed by atoms with Crippen LogP contribution in [0.5, 0.6) is 0 Å². The molecule has 2 aliphatic rings. The first-order valence-corrected chi connectivity index (χ1v) is 7.26. The molecule has 1 aromatic rings. The molecule has 1 amide bonds. The number of benzene rings is 1. The zero-order chi connectivity index (χ0) is 13.4. The maximum Gasteiger partial charge on any atom is 0.223 e. The van der Waals surface area contributed by atoms with E-state index in [-0.39, 0.29) is 17.9 Å². The van der Waals surface area contributed by atoms with Crippen LogP contribution < -0.4 is 11.1 Å². The molecule has 2 aliphatic carbocycles. The highest BCUT2D eigenvalue weighted by atomic mass is 16.1. The summed E-state index contributed by atoms with van der Waals surface area (Å²) in [4.78, 5) is 12.2. The van der Waals surface area contributed by atoms with Crippen LogP contribution in [0.15, 0.2) is 24.3 Å². The molecule has 3 atom stereocenters. The molecule has 3 rings (SSSR count). The van der Waals surface area contributed by atoms with Gasteiger partial charge in [0.15, 0.2) is 0 Å². The van der Waals surface area contributed by atoms with Gasteiger partial charge in [0, 0.05) is 12.5 Å². The highest BCUT2D eigenvalue weighted by molar-refractivity contribution is 5.79. The van der Waals surface area contributed by atoms with Crippen LogP contribution in [0.2, 0.25) is 0 Å². The van der Waals surface area contributed by atoms with Crippen LogP contribution in [0.3, 0.4) is 0 Å². The summed E-state index contributed by atoms with van der Waals surface area (Å²) in [5.74, 6) is 2.21. The lowest BCUT2D eigenvalue weighted by Crippen LogP contribution is -2.32. The molecule has 3 nitrogen and oxygen atoms in total. The summed E-state index contributed by atoms with van der Waals surface area (Å²) in [6, 6.07) is 8.25. The zero-order valence-electron chi connectivity index (χ0n) is 11.4. The molecule has 102 valence electrons. The summed E-state index contributed by atoms with van der Waals surface area (Å²) in [6.45, 7) is 2.61. The molecule has 0 saturated heterocycles. The predicted octanol–water partition coefficient (Wildman–Crippen LogP) is 2.37. The van der Waals surface area contributed by atoms with E-state index in [0.717, 1.165) is 35.8 Å². The molecule has 2 saturated carbocycles. The van der Waals surface area contributed by atoms with Crippen molar-refractivity contribution in [3.8, 4) is 0 Å². The molecule has 0 aromatic heterocycles. The first-order chi connectivity index (χ1) is 9.17. The SMILES string of the molecule is CC(NC(=O)C1CC2CC2C1)c1ccc(CN)cc1. The number of nitrogens with two attached hydrogens (primary N) is 1. The van der Waals surface area contributed by atoms with Gasteiger partial charge in [-0.3, -0.25) is 4.79 Å². The fraction of sp³-hybridized carbons (Fsp3) is 0.562. The van der Waals surface area contributed by atoms with Crippen molar-refractivity contribution in [1.82, 2.24) is 5.32 Å². The van der Waals surface area contributed by atoms with Crippen LogP contribution in [-0.2, 0) is 11.3 Å². The van der Waals surface area contributed by atoms with Gasteiger partial charge < -0.3 is 11.1 Å². The number of hydrogen-bond donors (Lipinski definition) is 2. The van der Waals surface area contributed by atoms with E-state index in [1.54, 1.807) is 0 Å². The van der Waals surface area contributed by atoms with Gasteiger partial charge in [-0.1, -0.05) is 24.3 Å². The van der Waals surface area contributed by atoms with Gasteiger partial charge in [0.25, 0.3) is 0 Å².